The number of ether oxygens (including phenoxy) is 1. The summed E-state index contributed by atoms with van der Waals surface area (Å²) in [5.41, 5.74) is 0. The van der Waals surface area contributed by atoms with Gasteiger partial charge < -0.3 is 19.4 Å². The Morgan fingerprint density at radius 1 is 0.941 bits per heavy atom. The van der Waals surface area contributed by atoms with E-state index in [0.29, 0.717) is 13.2 Å². The van der Waals surface area contributed by atoms with Gasteiger partial charge in [0.15, 0.2) is 0 Å². The summed E-state index contributed by atoms with van der Waals surface area (Å²) in [6, 6.07) is 0.193. The third-order valence-electron chi connectivity index (χ3n) is 3.27. The maximum Gasteiger partial charge on any atom is 0.320 e. The highest BCUT2D eigenvalue weighted by atomic mass is 35.5. The van der Waals surface area contributed by atoms with Crippen molar-refractivity contribution in [3.8, 4) is 0 Å². The van der Waals surface area contributed by atoms with Crippen LogP contribution in [0.4, 0.5) is 4.79 Å². The van der Waals surface area contributed by atoms with Crippen molar-refractivity contribution >= 4 is 18.4 Å². The number of nitrogens with zero attached hydrogens (tertiary/aromatic N) is 3. The number of urea groups is 1. The molecule has 0 saturated carbocycles. The van der Waals surface area contributed by atoms with E-state index in [1.807, 2.05) is 9.80 Å². The van der Waals surface area contributed by atoms with E-state index in [4.69, 9.17) is 4.74 Å². The van der Waals surface area contributed by atoms with Gasteiger partial charge in [0, 0.05) is 32.7 Å². The number of hydrogen-bond donors (Lipinski definition) is 0. The van der Waals surface area contributed by atoms with Gasteiger partial charge in [-0.1, -0.05) is 0 Å². The van der Waals surface area contributed by atoms with Gasteiger partial charge in [0.05, 0.1) is 13.2 Å². The minimum atomic E-state index is 0. The molecule has 0 unspecified atom stereocenters. The standard InChI is InChI=1S/C11H21N3O2.ClH/c1-12-3-2-4-13(6-5-12)11(15)14-7-9-16-10-8-14;/h2-10H2,1H3;1H. The van der Waals surface area contributed by atoms with Crippen molar-refractivity contribution in [3.05, 3.63) is 0 Å². The van der Waals surface area contributed by atoms with Crippen LogP contribution in [0.3, 0.4) is 0 Å². The molecule has 2 aliphatic rings. The smallest absolute Gasteiger partial charge is 0.320 e. The first-order valence-corrected chi connectivity index (χ1v) is 6.07. The Hall–Kier alpha value is -0.520. The van der Waals surface area contributed by atoms with Crippen molar-refractivity contribution in [2.75, 3.05) is 59.5 Å². The molecule has 2 aliphatic heterocycles. The van der Waals surface area contributed by atoms with E-state index in [1.54, 1.807) is 0 Å². The molecular formula is C11H22ClN3O2. The first-order chi connectivity index (χ1) is 7.77. The molecular weight excluding hydrogens is 242 g/mol. The second kappa shape index (κ2) is 7.03. The molecule has 2 amide bonds. The number of carbonyl (C=O) groups is 1. The van der Waals surface area contributed by atoms with Crippen molar-refractivity contribution in [2.24, 2.45) is 0 Å². The predicted molar refractivity (Wildman–Crippen MR) is 68.7 cm³/mol. The lowest BCUT2D eigenvalue weighted by Gasteiger charge is -2.32. The summed E-state index contributed by atoms with van der Waals surface area (Å²) in [7, 11) is 2.11. The molecule has 0 N–H and O–H groups in total. The summed E-state index contributed by atoms with van der Waals surface area (Å²) in [5.74, 6) is 0. The van der Waals surface area contributed by atoms with Crippen LogP contribution in [0.2, 0.25) is 0 Å². The summed E-state index contributed by atoms with van der Waals surface area (Å²) in [5, 5.41) is 0. The Morgan fingerprint density at radius 2 is 1.59 bits per heavy atom. The Bertz CT molecular complexity index is 247. The Morgan fingerprint density at radius 3 is 2.29 bits per heavy atom. The fourth-order valence-electron chi connectivity index (χ4n) is 2.19. The van der Waals surface area contributed by atoms with Crippen molar-refractivity contribution in [2.45, 2.75) is 6.42 Å². The number of hydrogen-bond acceptors (Lipinski definition) is 3. The number of rotatable bonds is 0. The maximum absolute atomic E-state index is 12.2. The lowest BCUT2D eigenvalue weighted by atomic mass is 10.4. The molecule has 2 fully saturated rings. The van der Waals surface area contributed by atoms with Crippen LogP contribution in [-0.2, 0) is 4.74 Å². The van der Waals surface area contributed by atoms with E-state index in [9.17, 15) is 4.79 Å². The van der Waals surface area contributed by atoms with Crippen LogP contribution in [-0.4, -0.2) is 80.3 Å². The number of halogens is 1. The van der Waals surface area contributed by atoms with Gasteiger partial charge in [-0.15, -0.1) is 12.4 Å². The number of likely N-dealkylation sites (N-methyl/N-ethyl adjacent to an activating group) is 1. The van der Waals surface area contributed by atoms with E-state index in [1.165, 1.54) is 0 Å². The fourth-order valence-corrected chi connectivity index (χ4v) is 2.19. The van der Waals surface area contributed by atoms with Crippen molar-refractivity contribution < 1.29 is 9.53 Å². The topological polar surface area (TPSA) is 36.0 Å². The molecule has 0 aromatic carbocycles. The molecule has 17 heavy (non-hydrogen) atoms. The zero-order valence-electron chi connectivity index (χ0n) is 10.4. The Labute approximate surface area is 109 Å². The van der Waals surface area contributed by atoms with Crippen LogP contribution in [0.1, 0.15) is 6.42 Å². The van der Waals surface area contributed by atoms with Crippen molar-refractivity contribution in [1.82, 2.24) is 14.7 Å². The van der Waals surface area contributed by atoms with Crippen LogP contribution in [0, 0.1) is 0 Å². The number of carbonyl (C=O) groups excluding carboxylic acids is 1. The summed E-state index contributed by atoms with van der Waals surface area (Å²) < 4.78 is 5.26. The second-order valence-electron chi connectivity index (χ2n) is 4.53. The molecule has 2 heterocycles. The van der Waals surface area contributed by atoms with E-state index in [-0.39, 0.29) is 18.4 Å². The van der Waals surface area contributed by atoms with Gasteiger partial charge in [0.2, 0.25) is 0 Å². The molecule has 2 rings (SSSR count). The summed E-state index contributed by atoms with van der Waals surface area (Å²) in [6.45, 7) is 6.66. The lowest BCUT2D eigenvalue weighted by molar-refractivity contribution is 0.0436. The summed E-state index contributed by atoms with van der Waals surface area (Å²) >= 11 is 0. The summed E-state index contributed by atoms with van der Waals surface area (Å²) in [6.07, 6.45) is 1.08. The molecule has 0 atom stereocenters. The number of amides is 2. The Kier molecular flexibility index (Phi) is 6.02. The SMILES string of the molecule is CN1CCCN(C(=O)N2CCOCC2)CC1.Cl. The van der Waals surface area contributed by atoms with Crippen LogP contribution in [0.15, 0.2) is 0 Å². The van der Waals surface area contributed by atoms with Gasteiger partial charge >= 0.3 is 6.03 Å². The van der Waals surface area contributed by atoms with Crippen LogP contribution >= 0.6 is 12.4 Å². The highest BCUT2D eigenvalue weighted by molar-refractivity contribution is 5.85. The normalized spacial score (nSPS) is 22.9. The number of morpholine rings is 1. The zero-order chi connectivity index (χ0) is 11.4. The molecule has 0 aliphatic carbocycles. The van der Waals surface area contributed by atoms with Crippen LogP contribution in [0.5, 0.6) is 0 Å². The van der Waals surface area contributed by atoms with E-state index >= 15 is 0 Å². The van der Waals surface area contributed by atoms with Gasteiger partial charge in [-0.2, -0.15) is 0 Å². The van der Waals surface area contributed by atoms with Crippen molar-refractivity contribution in [3.63, 3.8) is 0 Å². The lowest BCUT2D eigenvalue weighted by Crippen LogP contribution is -2.49. The third kappa shape index (κ3) is 4.01. The summed E-state index contributed by atoms with van der Waals surface area (Å²) in [4.78, 5) is 18.4. The molecule has 0 spiro atoms. The van der Waals surface area contributed by atoms with E-state index in [0.717, 1.165) is 45.7 Å². The van der Waals surface area contributed by atoms with Gasteiger partial charge in [-0.05, 0) is 20.0 Å². The highest BCUT2D eigenvalue weighted by Gasteiger charge is 2.23. The fraction of sp³-hybridized carbons (Fsp3) is 0.909. The first kappa shape index (κ1) is 14.5. The molecule has 5 nitrogen and oxygen atoms in total. The van der Waals surface area contributed by atoms with Gasteiger partial charge in [0.1, 0.15) is 0 Å². The van der Waals surface area contributed by atoms with Gasteiger partial charge in [-0.25, -0.2) is 4.79 Å². The maximum atomic E-state index is 12.2. The Balaban J connectivity index is 0.00000144. The van der Waals surface area contributed by atoms with E-state index < -0.39 is 0 Å². The molecule has 100 valence electrons. The predicted octanol–water partition coefficient (Wildman–Crippen LogP) is 0.498. The molecule has 0 bridgehead atoms. The van der Waals surface area contributed by atoms with Crippen LogP contribution < -0.4 is 0 Å². The zero-order valence-corrected chi connectivity index (χ0v) is 11.2. The first-order valence-electron chi connectivity index (χ1n) is 6.07. The highest BCUT2D eigenvalue weighted by Crippen LogP contribution is 2.07. The van der Waals surface area contributed by atoms with Crippen molar-refractivity contribution in [1.29, 1.82) is 0 Å². The second-order valence-corrected chi connectivity index (χ2v) is 4.53. The van der Waals surface area contributed by atoms with Crippen LogP contribution in [0.25, 0.3) is 0 Å². The minimum Gasteiger partial charge on any atom is -0.378 e. The molecule has 0 radical (unpaired) electrons. The molecule has 6 heteroatoms. The van der Waals surface area contributed by atoms with E-state index in [2.05, 4.69) is 11.9 Å². The molecule has 0 aromatic rings. The average Bonchev–Trinajstić information content (AvgIpc) is 2.54. The van der Waals surface area contributed by atoms with Gasteiger partial charge in [0.25, 0.3) is 0 Å². The largest absolute Gasteiger partial charge is 0.378 e. The third-order valence-corrected chi connectivity index (χ3v) is 3.27. The molecule has 2 saturated heterocycles. The average molecular weight is 264 g/mol. The van der Waals surface area contributed by atoms with Gasteiger partial charge in [-0.3, -0.25) is 0 Å². The molecule has 0 aromatic heterocycles. The monoisotopic (exact) mass is 263 g/mol. The quantitative estimate of drug-likeness (QED) is 0.639. The minimum absolute atomic E-state index is 0.